The van der Waals surface area contributed by atoms with Crippen molar-refractivity contribution in [3.63, 3.8) is 0 Å². The zero-order valence-electron chi connectivity index (χ0n) is 17.6. The molecule has 1 aromatic heterocycles. The lowest BCUT2D eigenvalue weighted by molar-refractivity contribution is 0.179. The molecule has 0 unspecified atom stereocenters. The molecule has 158 valence electrons. The van der Waals surface area contributed by atoms with Gasteiger partial charge in [-0.2, -0.15) is 0 Å². The highest BCUT2D eigenvalue weighted by molar-refractivity contribution is 7.09. The Labute approximate surface area is 177 Å². The minimum atomic E-state index is 0.680. The van der Waals surface area contributed by atoms with E-state index in [4.69, 9.17) is 9.47 Å². The van der Waals surface area contributed by atoms with Crippen LogP contribution in [0, 0.1) is 5.92 Å². The second-order valence-corrected chi connectivity index (χ2v) is 8.33. The van der Waals surface area contributed by atoms with E-state index in [1.165, 1.54) is 30.8 Å². The summed E-state index contributed by atoms with van der Waals surface area (Å²) in [6, 6.07) is 10.3. The van der Waals surface area contributed by atoms with Crippen molar-refractivity contribution >= 4 is 17.3 Å². The molecule has 0 spiro atoms. The molecule has 1 aliphatic heterocycles. The number of nitrogens with zero attached hydrogens (tertiary/aromatic N) is 2. The number of methoxy groups -OCH3 is 2. The highest BCUT2D eigenvalue weighted by Gasteiger charge is 2.19. The molecule has 0 radical (unpaired) electrons. The Hall–Kier alpha value is -2.25. The maximum atomic E-state index is 5.38. The standard InChI is InChI=1S/C22H32N4O2S/c1-23-22(25-15-18-6-7-20(27-2)21(13-18)28-3)24-14-17-8-10-26(11-9-17)16-19-5-4-12-29-19/h4-7,12-13,17H,8-11,14-16H2,1-3H3,(H2,23,24,25). The zero-order valence-corrected chi connectivity index (χ0v) is 18.4. The summed E-state index contributed by atoms with van der Waals surface area (Å²) in [5.41, 5.74) is 1.12. The van der Waals surface area contributed by atoms with E-state index in [1.807, 2.05) is 36.6 Å². The molecule has 0 amide bonds. The fourth-order valence-electron chi connectivity index (χ4n) is 3.61. The topological polar surface area (TPSA) is 58.1 Å². The Kier molecular flexibility index (Phi) is 8.19. The van der Waals surface area contributed by atoms with Gasteiger partial charge in [-0.1, -0.05) is 12.1 Å². The number of thiophene rings is 1. The first kappa shape index (κ1) is 21.5. The first-order valence-corrected chi connectivity index (χ1v) is 11.0. The molecule has 7 heteroatoms. The van der Waals surface area contributed by atoms with Gasteiger partial charge < -0.3 is 20.1 Å². The summed E-state index contributed by atoms with van der Waals surface area (Å²) in [6.07, 6.45) is 2.45. The molecule has 1 saturated heterocycles. The second kappa shape index (κ2) is 11.1. The number of nitrogens with one attached hydrogen (secondary N) is 2. The molecule has 2 N–H and O–H groups in total. The molecule has 2 heterocycles. The molecule has 1 aliphatic rings. The number of benzene rings is 1. The lowest BCUT2D eigenvalue weighted by atomic mass is 9.97. The van der Waals surface area contributed by atoms with Gasteiger partial charge in [-0.05, 0) is 61.0 Å². The average Bonchev–Trinajstić information content (AvgIpc) is 3.27. The number of ether oxygens (including phenoxy) is 2. The number of likely N-dealkylation sites (tertiary alicyclic amines) is 1. The number of guanidine groups is 1. The second-order valence-electron chi connectivity index (χ2n) is 7.29. The average molecular weight is 417 g/mol. The lowest BCUT2D eigenvalue weighted by Gasteiger charge is -2.32. The molecule has 1 fully saturated rings. The molecule has 3 rings (SSSR count). The van der Waals surface area contributed by atoms with Crippen LogP contribution in [0.1, 0.15) is 23.3 Å². The highest BCUT2D eigenvalue weighted by atomic mass is 32.1. The Morgan fingerprint density at radius 1 is 1.14 bits per heavy atom. The fourth-order valence-corrected chi connectivity index (χ4v) is 4.36. The first-order valence-electron chi connectivity index (χ1n) is 10.1. The van der Waals surface area contributed by atoms with Crippen molar-refractivity contribution in [3.8, 4) is 11.5 Å². The predicted molar refractivity (Wildman–Crippen MR) is 120 cm³/mol. The van der Waals surface area contributed by atoms with Crippen molar-refractivity contribution in [1.82, 2.24) is 15.5 Å². The van der Waals surface area contributed by atoms with Crippen LogP contribution in [-0.4, -0.2) is 51.8 Å². The number of aliphatic imine (C=N–C) groups is 1. The van der Waals surface area contributed by atoms with Crippen molar-refractivity contribution < 1.29 is 9.47 Å². The number of hydrogen-bond donors (Lipinski definition) is 2. The summed E-state index contributed by atoms with van der Waals surface area (Å²) in [4.78, 5) is 8.38. The van der Waals surface area contributed by atoms with Crippen LogP contribution in [0.2, 0.25) is 0 Å². The van der Waals surface area contributed by atoms with E-state index in [-0.39, 0.29) is 0 Å². The van der Waals surface area contributed by atoms with Crippen LogP contribution in [0.3, 0.4) is 0 Å². The third kappa shape index (κ3) is 6.37. The van der Waals surface area contributed by atoms with Gasteiger partial charge in [0.25, 0.3) is 0 Å². The lowest BCUT2D eigenvalue weighted by Crippen LogP contribution is -2.42. The van der Waals surface area contributed by atoms with Crippen LogP contribution < -0.4 is 20.1 Å². The Bertz CT molecular complexity index is 771. The van der Waals surface area contributed by atoms with Crippen LogP contribution in [0.5, 0.6) is 11.5 Å². The number of piperidine rings is 1. The van der Waals surface area contributed by atoms with Gasteiger partial charge in [0.1, 0.15) is 0 Å². The van der Waals surface area contributed by atoms with E-state index in [9.17, 15) is 0 Å². The van der Waals surface area contributed by atoms with Crippen molar-refractivity contribution in [2.24, 2.45) is 10.9 Å². The van der Waals surface area contributed by atoms with E-state index >= 15 is 0 Å². The smallest absolute Gasteiger partial charge is 0.191 e. The molecule has 0 bridgehead atoms. The van der Waals surface area contributed by atoms with Gasteiger partial charge in [-0.25, -0.2) is 0 Å². The Morgan fingerprint density at radius 3 is 2.59 bits per heavy atom. The van der Waals surface area contributed by atoms with Crippen LogP contribution in [0.15, 0.2) is 40.7 Å². The summed E-state index contributed by atoms with van der Waals surface area (Å²) >= 11 is 1.85. The van der Waals surface area contributed by atoms with Gasteiger partial charge in [-0.3, -0.25) is 9.89 Å². The maximum Gasteiger partial charge on any atom is 0.191 e. The molecule has 0 aliphatic carbocycles. The van der Waals surface area contributed by atoms with E-state index in [2.05, 4.69) is 38.0 Å². The SMILES string of the molecule is CN=C(NCc1ccc(OC)c(OC)c1)NCC1CCN(Cc2cccs2)CC1. The van der Waals surface area contributed by atoms with Gasteiger partial charge in [0, 0.05) is 31.6 Å². The van der Waals surface area contributed by atoms with Gasteiger partial charge in [0.05, 0.1) is 14.2 Å². The summed E-state index contributed by atoms with van der Waals surface area (Å²) in [7, 11) is 5.11. The minimum Gasteiger partial charge on any atom is -0.493 e. The molecular formula is C22H32N4O2S. The van der Waals surface area contributed by atoms with Crippen molar-refractivity contribution in [2.75, 3.05) is 40.9 Å². The van der Waals surface area contributed by atoms with E-state index in [1.54, 1.807) is 14.2 Å². The first-order chi connectivity index (χ1) is 14.2. The van der Waals surface area contributed by atoms with Gasteiger partial charge in [-0.15, -0.1) is 11.3 Å². The zero-order chi connectivity index (χ0) is 20.5. The fraction of sp³-hybridized carbons (Fsp3) is 0.500. The molecule has 1 aromatic carbocycles. The summed E-state index contributed by atoms with van der Waals surface area (Å²) in [5.74, 6) is 3.00. The van der Waals surface area contributed by atoms with Crippen LogP contribution in [0.4, 0.5) is 0 Å². The van der Waals surface area contributed by atoms with E-state index in [0.29, 0.717) is 12.5 Å². The van der Waals surface area contributed by atoms with E-state index < -0.39 is 0 Å². The normalized spacial score (nSPS) is 15.9. The summed E-state index contributed by atoms with van der Waals surface area (Å²) in [5, 5.41) is 9.03. The maximum absolute atomic E-state index is 5.38. The molecule has 0 saturated carbocycles. The number of hydrogen-bond acceptors (Lipinski definition) is 5. The third-order valence-corrected chi connectivity index (χ3v) is 6.22. The summed E-state index contributed by atoms with van der Waals surface area (Å²) in [6.45, 7) is 5.06. The molecule has 6 nitrogen and oxygen atoms in total. The molecule has 0 atom stereocenters. The monoisotopic (exact) mass is 416 g/mol. The van der Waals surface area contributed by atoms with Crippen LogP contribution in [-0.2, 0) is 13.1 Å². The predicted octanol–water partition coefficient (Wildman–Crippen LogP) is 3.34. The molecule has 29 heavy (non-hydrogen) atoms. The van der Waals surface area contributed by atoms with Crippen molar-refractivity contribution in [1.29, 1.82) is 0 Å². The molecular weight excluding hydrogens is 384 g/mol. The quantitative estimate of drug-likeness (QED) is 0.511. The highest BCUT2D eigenvalue weighted by Crippen LogP contribution is 2.27. The summed E-state index contributed by atoms with van der Waals surface area (Å²) < 4.78 is 10.7. The van der Waals surface area contributed by atoms with E-state index in [0.717, 1.165) is 36.1 Å². The number of rotatable bonds is 8. The largest absolute Gasteiger partial charge is 0.493 e. The van der Waals surface area contributed by atoms with Crippen molar-refractivity contribution in [2.45, 2.75) is 25.9 Å². The van der Waals surface area contributed by atoms with Crippen LogP contribution in [0.25, 0.3) is 0 Å². The van der Waals surface area contributed by atoms with Gasteiger partial charge in [0.15, 0.2) is 17.5 Å². The van der Waals surface area contributed by atoms with Crippen LogP contribution >= 0.6 is 11.3 Å². The van der Waals surface area contributed by atoms with Gasteiger partial charge >= 0.3 is 0 Å². The molecule has 2 aromatic rings. The van der Waals surface area contributed by atoms with Gasteiger partial charge in [0.2, 0.25) is 0 Å². The van der Waals surface area contributed by atoms with Crippen molar-refractivity contribution in [3.05, 3.63) is 46.2 Å². The Morgan fingerprint density at radius 2 is 1.93 bits per heavy atom. The third-order valence-electron chi connectivity index (χ3n) is 5.36. The Balaban J connectivity index is 1.39. The minimum absolute atomic E-state index is 0.680.